The van der Waals surface area contributed by atoms with Gasteiger partial charge >= 0.3 is 5.69 Å². The summed E-state index contributed by atoms with van der Waals surface area (Å²) in [4.78, 5) is 25.9. The number of rotatable bonds is 6. The van der Waals surface area contributed by atoms with Crippen molar-refractivity contribution in [3.63, 3.8) is 0 Å². The number of carbonyl (C=O) groups excluding carboxylic acids is 1. The van der Waals surface area contributed by atoms with E-state index in [1.165, 1.54) is 11.8 Å². The number of thioether (sulfide) groups is 1. The maximum absolute atomic E-state index is 12.4. The van der Waals surface area contributed by atoms with Crippen molar-refractivity contribution < 1.29 is 9.21 Å². The zero-order valence-electron chi connectivity index (χ0n) is 14.4. The van der Waals surface area contributed by atoms with Gasteiger partial charge in [0, 0.05) is 32.0 Å². The molecule has 1 fully saturated rings. The van der Waals surface area contributed by atoms with Gasteiger partial charge in [-0.15, -0.1) is 10.2 Å². The number of carbonyl (C=O) groups is 1. The van der Waals surface area contributed by atoms with Crippen LogP contribution in [0.4, 0.5) is 0 Å². The minimum Gasteiger partial charge on any atom is -0.416 e. The van der Waals surface area contributed by atoms with E-state index in [-0.39, 0.29) is 23.3 Å². The molecule has 1 aliphatic rings. The number of aryl methyl sites for hydroxylation is 1. The van der Waals surface area contributed by atoms with E-state index in [0.29, 0.717) is 37.2 Å². The van der Waals surface area contributed by atoms with Crippen LogP contribution in [-0.4, -0.2) is 54.6 Å². The number of likely N-dealkylation sites (tertiary alicyclic amines) is 1. The number of aromatic amines is 1. The normalized spacial score (nSPS) is 15.7. The van der Waals surface area contributed by atoms with Crippen LogP contribution < -0.4 is 5.69 Å². The number of piperidine rings is 1. The Balaban J connectivity index is 1.51. The standard InChI is InChI=1S/C15H22N6O3S/c1-3-11-16-19-15(24-11)25-9-12(22)20-7-5-10(6-8-20)13-17-18-14(23)21(13)4-2/h10H,3-9H2,1-2H3,(H,18,23). The predicted molar refractivity (Wildman–Crippen MR) is 91.5 cm³/mol. The summed E-state index contributed by atoms with van der Waals surface area (Å²) < 4.78 is 7.06. The summed E-state index contributed by atoms with van der Waals surface area (Å²) in [7, 11) is 0. The predicted octanol–water partition coefficient (Wildman–Crippen LogP) is 1.03. The monoisotopic (exact) mass is 366 g/mol. The molecule has 0 atom stereocenters. The third kappa shape index (κ3) is 3.94. The molecule has 10 heteroatoms. The van der Waals surface area contributed by atoms with E-state index in [2.05, 4.69) is 20.4 Å². The van der Waals surface area contributed by atoms with Crippen molar-refractivity contribution in [2.45, 2.75) is 50.8 Å². The Morgan fingerprint density at radius 3 is 2.72 bits per heavy atom. The summed E-state index contributed by atoms with van der Waals surface area (Å²) in [6, 6.07) is 0. The third-order valence-corrected chi connectivity index (χ3v) is 5.19. The maximum atomic E-state index is 12.4. The van der Waals surface area contributed by atoms with Crippen LogP contribution in [-0.2, 0) is 17.8 Å². The van der Waals surface area contributed by atoms with Gasteiger partial charge < -0.3 is 9.32 Å². The Kier molecular flexibility index (Phi) is 5.57. The van der Waals surface area contributed by atoms with Crippen molar-refractivity contribution in [2.24, 2.45) is 0 Å². The Bertz CT molecular complexity index is 774. The highest BCUT2D eigenvalue weighted by Crippen LogP contribution is 2.26. The zero-order chi connectivity index (χ0) is 17.8. The van der Waals surface area contributed by atoms with E-state index in [0.717, 1.165) is 18.7 Å². The number of nitrogens with one attached hydrogen (secondary N) is 1. The van der Waals surface area contributed by atoms with Crippen LogP contribution in [0.5, 0.6) is 0 Å². The van der Waals surface area contributed by atoms with E-state index in [1.807, 2.05) is 18.7 Å². The van der Waals surface area contributed by atoms with Crippen molar-refractivity contribution in [3.8, 4) is 0 Å². The highest BCUT2D eigenvalue weighted by Gasteiger charge is 2.27. The van der Waals surface area contributed by atoms with Gasteiger partial charge in [0.15, 0.2) is 0 Å². The topological polar surface area (TPSA) is 110 Å². The summed E-state index contributed by atoms with van der Waals surface area (Å²) in [5.74, 6) is 1.94. The average molecular weight is 366 g/mol. The molecule has 1 saturated heterocycles. The number of amides is 1. The molecular weight excluding hydrogens is 344 g/mol. The fourth-order valence-corrected chi connectivity index (χ4v) is 3.67. The van der Waals surface area contributed by atoms with Gasteiger partial charge in [-0.1, -0.05) is 18.7 Å². The smallest absolute Gasteiger partial charge is 0.343 e. The fraction of sp³-hybridized carbons (Fsp3) is 0.667. The molecule has 0 aromatic carbocycles. The molecule has 0 spiro atoms. The van der Waals surface area contributed by atoms with E-state index in [9.17, 15) is 9.59 Å². The maximum Gasteiger partial charge on any atom is 0.343 e. The molecule has 25 heavy (non-hydrogen) atoms. The Labute approximate surface area is 149 Å². The highest BCUT2D eigenvalue weighted by atomic mass is 32.2. The van der Waals surface area contributed by atoms with Crippen molar-refractivity contribution in [1.82, 2.24) is 29.9 Å². The van der Waals surface area contributed by atoms with Crippen molar-refractivity contribution in [3.05, 3.63) is 22.2 Å². The molecule has 0 aliphatic carbocycles. The molecule has 3 rings (SSSR count). The lowest BCUT2D eigenvalue weighted by molar-refractivity contribution is -0.129. The van der Waals surface area contributed by atoms with E-state index in [4.69, 9.17) is 4.42 Å². The van der Waals surface area contributed by atoms with E-state index < -0.39 is 0 Å². The zero-order valence-corrected chi connectivity index (χ0v) is 15.2. The van der Waals surface area contributed by atoms with Crippen LogP contribution in [0.25, 0.3) is 0 Å². The number of H-pyrrole nitrogens is 1. The first-order valence-corrected chi connectivity index (χ1v) is 9.49. The van der Waals surface area contributed by atoms with Crippen molar-refractivity contribution >= 4 is 17.7 Å². The van der Waals surface area contributed by atoms with Gasteiger partial charge in [-0.25, -0.2) is 9.89 Å². The number of aromatic nitrogens is 5. The van der Waals surface area contributed by atoms with Crippen LogP contribution >= 0.6 is 11.8 Å². The highest BCUT2D eigenvalue weighted by molar-refractivity contribution is 7.99. The lowest BCUT2D eigenvalue weighted by atomic mass is 9.96. The largest absolute Gasteiger partial charge is 0.416 e. The molecule has 2 aromatic rings. The molecule has 1 aliphatic heterocycles. The van der Waals surface area contributed by atoms with Crippen molar-refractivity contribution in [2.75, 3.05) is 18.8 Å². The first-order valence-electron chi connectivity index (χ1n) is 8.50. The second-order valence-electron chi connectivity index (χ2n) is 5.89. The molecule has 0 radical (unpaired) electrons. The molecule has 0 unspecified atom stereocenters. The van der Waals surface area contributed by atoms with Gasteiger partial charge in [-0.05, 0) is 19.8 Å². The molecule has 3 heterocycles. The number of hydrogen-bond donors (Lipinski definition) is 1. The first-order chi connectivity index (χ1) is 12.1. The Hall–Kier alpha value is -2.10. The second kappa shape index (κ2) is 7.85. The summed E-state index contributed by atoms with van der Waals surface area (Å²) in [6.45, 7) is 5.80. The summed E-state index contributed by atoms with van der Waals surface area (Å²) in [6.07, 6.45) is 2.30. The molecular formula is C15H22N6O3S. The molecule has 1 N–H and O–H groups in total. The Morgan fingerprint density at radius 2 is 2.08 bits per heavy atom. The average Bonchev–Trinajstić information content (AvgIpc) is 3.25. The Morgan fingerprint density at radius 1 is 1.32 bits per heavy atom. The van der Waals surface area contributed by atoms with Gasteiger partial charge in [0.2, 0.25) is 11.8 Å². The molecule has 136 valence electrons. The lowest BCUT2D eigenvalue weighted by Crippen LogP contribution is -2.39. The van der Waals surface area contributed by atoms with Gasteiger partial charge in [0.25, 0.3) is 5.22 Å². The van der Waals surface area contributed by atoms with Crippen molar-refractivity contribution in [1.29, 1.82) is 0 Å². The minimum absolute atomic E-state index is 0.0645. The lowest BCUT2D eigenvalue weighted by Gasteiger charge is -2.31. The molecule has 0 saturated carbocycles. The third-order valence-electron chi connectivity index (χ3n) is 4.39. The van der Waals surface area contributed by atoms with Gasteiger partial charge in [0.05, 0.1) is 5.75 Å². The van der Waals surface area contributed by atoms with Crippen LogP contribution in [0.15, 0.2) is 14.4 Å². The molecule has 9 nitrogen and oxygen atoms in total. The number of hydrogen-bond acceptors (Lipinski definition) is 7. The van der Waals surface area contributed by atoms with Gasteiger partial charge in [-0.3, -0.25) is 9.36 Å². The van der Waals surface area contributed by atoms with E-state index in [1.54, 1.807) is 4.57 Å². The molecule has 1 amide bonds. The quantitative estimate of drug-likeness (QED) is 0.760. The second-order valence-corrected chi connectivity index (χ2v) is 6.82. The fourth-order valence-electron chi connectivity index (χ4n) is 2.99. The van der Waals surface area contributed by atoms with Crippen LogP contribution in [0.1, 0.15) is 44.3 Å². The first kappa shape index (κ1) is 17.7. The SMILES string of the molecule is CCc1nnc(SCC(=O)N2CCC(c3n[nH]c(=O)n3CC)CC2)o1. The molecule has 2 aromatic heterocycles. The van der Waals surface area contributed by atoms with Gasteiger partial charge in [0.1, 0.15) is 5.82 Å². The van der Waals surface area contributed by atoms with Gasteiger partial charge in [-0.2, -0.15) is 5.10 Å². The van der Waals surface area contributed by atoms with Crippen LogP contribution in [0.2, 0.25) is 0 Å². The van der Waals surface area contributed by atoms with E-state index >= 15 is 0 Å². The molecule has 0 bridgehead atoms. The number of nitrogens with zero attached hydrogens (tertiary/aromatic N) is 5. The van der Waals surface area contributed by atoms with Crippen LogP contribution in [0, 0.1) is 0 Å². The summed E-state index contributed by atoms with van der Waals surface area (Å²) in [5.41, 5.74) is -0.168. The summed E-state index contributed by atoms with van der Waals surface area (Å²) in [5, 5.41) is 14.9. The summed E-state index contributed by atoms with van der Waals surface area (Å²) >= 11 is 1.27. The minimum atomic E-state index is -0.168. The van der Waals surface area contributed by atoms with Crippen LogP contribution in [0.3, 0.4) is 0 Å².